The van der Waals surface area contributed by atoms with Crippen LogP contribution in [0.1, 0.15) is 19.4 Å². The summed E-state index contributed by atoms with van der Waals surface area (Å²) in [4.78, 5) is 0.817. The molecule has 0 saturated heterocycles. The Bertz CT molecular complexity index is 703. The molecule has 1 N–H and O–H groups in total. The minimum absolute atomic E-state index is 0.254. The molecule has 0 unspecified atom stereocenters. The van der Waals surface area contributed by atoms with Crippen LogP contribution in [0.15, 0.2) is 29.2 Å². The maximum absolute atomic E-state index is 11.7. The monoisotopic (exact) mass is 311 g/mol. The molecule has 0 radical (unpaired) electrons. The maximum Gasteiger partial charge on any atom is 0.175 e. The minimum atomic E-state index is -3.27. The van der Waals surface area contributed by atoms with Crippen LogP contribution in [0, 0.1) is 0 Å². The second-order valence-corrected chi connectivity index (χ2v) is 7.70. The van der Waals surface area contributed by atoms with Crippen molar-refractivity contribution >= 4 is 32.6 Å². The number of hydrogen-bond donors (Lipinski definition) is 1. The third-order valence-electron chi connectivity index (χ3n) is 3.01. The molecule has 0 amide bonds. The average molecular weight is 311 g/mol. The first-order chi connectivity index (χ1) is 9.14. The number of likely N-dealkylation sites (N-methyl/N-ethyl adjacent to an activating group) is 1. The van der Waals surface area contributed by atoms with E-state index in [1.54, 1.807) is 25.2 Å². The molecule has 108 valence electrons. The summed E-state index contributed by atoms with van der Waals surface area (Å²) in [6.45, 7) is 3.86. The Morgan fingerprint density at radius 3 is 2.55 bits per heavy atom. The lowest BCUT2D eigenvalue weighted by atomic mass is 9.94. The predicted molar refractivity (Wildman–Crippen MR) is 83.9 cm³/mol. The molecule has 0 atom stereocenters. The molecule has 2 rings (SSSR count). The van der Waals surface area contributed by atoms with Gasteiger partial charge < -0.3 is 10.1 Å². The van der Waals surface area contributed by atoms with Crippen molar-refractivity contribution in [3.63, 3.8) is 0 Å². The average Bonchev–Trinajstić information content (AvgIpc) is 2.34. The summed E-state index contributed by atoms with van der Waals surface area (Å²) in [5.74, 6) is 0.637. The highest BCUT2D eigenvalue weighted by molar-refractivity contribution is 7.90. The van der Waals surface area contributed by atoms with Crippen molar-refractivity contribution in [1.82, 2.24) is 5.32 Å². The molecule has 1 aliphatic heterocycles. The van der Waals surface area contributed by atoms with Gasteiger partial charge in [-0.3, -0.25) is 0 Å². The van der Waals surface area contributed by atoms with E-state index in [2.05, 4.69) is 5.32 Å². The first-order valence-electron chi connectivity index (χ1n) is 6.12. The standard InChI is InChI=1S/C14H17NO3S2/c1-14(2)8-11(13(19)15-3)10-7-9(20(4,16)17)5-6-12(10)18-14/h5-8H,1-4H3,(H,15,19). The van der Waals surface area contributed by atoms with Crippen molar-refractivity contribution in [2.75, 3.05) is 13.3 Å². The van der Waals surface area contributed by atoms with Gasteiger partial charge in [-0.2, -0.15) is 0 Å². The highest BCUT2D eigenvalue weighted by Crippen LogP contribution is 2.37. The van der Waals surface area contributed by atoms with Crippen molar-refractivity contribution < 1.29 is 13.2 Å². The molecule has 1 aliphatic rings. The number of fused-ring (bicyclic) bond motifs is 1. The molecule has 0 saturated carbocycles. The van der Waals surface area contributed by atoms with Crippen LogP contribution in [0.2, 0.25) is 0 Å². The topological polar surface area (TPSA) is 55.4 Å². The fourth-order valence-corrected chi connectivity index (χ4v) is 2.92. The number of ether oxygens (including phenoxy) is 1. The Balaban J connectivity index is 2.66. The third kappa shape index (κ3) is 2.86. The molecule has 0 aromatic heterocycles. The van der Waals surface area contributed by atoms with Gasteiger partial charge in [0.2, 0.25) is 0 Å². The van der Waals surface area contributed by atoms with E-state index in [0.717, 1.165) is 5.57 Å². The molecule has 4 nitrogen and oxygen atoms in total. The molecule has 1 aromatic rings. The lowest BCUT2D eigenvalue weighted by molar-refractivity contribution is 0.158. The van der Waals surface area contributed by atoms with Gasteiger partial charge >= 0.3 is 0 Å². The van der Waals surface area contributed by atoms with E-state index in [0.29, 0.717) is 16.3 Å². The maximum atomic E-state index is 11.7. The van der Waals surface area contributed by atoms with Gasteiger partial charge in [0.15, 0.2) is 9.84 Å². The lowest BCUT2D eigenvalue weighted by Gasteiger charge is -2.31. The number of benzene rings is 1. The van der Waals surface area contributed by atoms with Crippen LogP contribution in [0.5, 0.6) is 5.75 Å². The summed E-state index contributed by atoms with van der Waals surface area (Å²) in [7, 11) is -1.53. The Kier molecular flexibility index (Phi) is 3.64. The highest BCUT2D eigenvalue weighted by atomic mass is 32.2. The first kappa shape index (κ1) is 15.0. The fourth-order valence-electron chi connectivity index (χ4n) is 2.10. The largest absolute Gasteiger partial charge is 0.483 e. The van der Waals surface area contributed by atoms with Crippen LogP contribution in [-0.4, -0.2) is 32.3 Å². The van der Waals surface area contributed by atoms with Crippen LogP contribution in [0.4, 0.5) is 0 Å². The van der Waals surface area contributed by atoms with Crippen molar-refractivity contribution in [3.8, 4) is 5.75 Å². The van der Waals surface area contributed by atoms with Gasteiger partial charge in [-0.25, -0.2) is 8.42 Å². The molecule has 0 fully saturated rings. The summed E-state index contributed by atoms with van der Waals surface area (Å²) in [5, 5.41) is 2.93. The van der Waals surface area contributed by atoms with Crippen molar-refractivity contribution in [2.24, 2.45) is 0 Å². The molecule has 0 bridgehead atoms. The van der Waals surface area contributed by atoms with Gasteiger partial charge in [-0.15, -0.1) is 0 Å². The Labute approximate surface area is 124 Å². The summed E-state index contributed by atoms with van der Waals surface area (Å²) in [6.07, 6.45) is 3.09. The zero-order valence-electron chi connectivity index (χ0n) is 11.9. The number of rotatable bonds is 2. The van der Waals surface area contributed by atoms with Gasteiger partial charge in [0.05, 0.1) is 4.90 Å². The number of hydrogen-bond acceptors (Lipinski definition) is 4. The second-order valence-electron chi connectivity index (χ2n) is 5.27. The summed E-state index contributed by atoms with van der Waals surface area (Å²) in [5.41, 5.74) is 1.00. The number of thiocarbonyl (C=S) groups is 1. The van der Waals surface area contributed by atoms with E-state index < -0.39 is 15.4 Å². The SMILES string of the molecule is CNC(=S)C1=CC(C)(C)Oc2ccc(S(C)(=O)=O)cc21. The highest BCUT2D eigenvalue weighted by Gasteiger charge is 2.28. The quantitative estimate of drug-likeness (QED) is 0.849. The van der Waals surface area contributed by atoms with Crippen LogP contribution in [-0.2, 0) is 9.84 Å². The normalized spacial score (nSPS) is 16.7. The second kappa shape index (κ2) is 4.86. The molecular formula is C14H17NO3S2. The Hall–Kier alpha value is -1.40. The number of nitrogens with one attached hydrogen (secondary N) is 1. The van der Waals surface area contributed by atoms with Crippen LogP contribution < -0.4 is 10.1 Å². The molecule has 6 heteroatoms. The van der Waals surface area contributed by atoms with Gasteiger partial charge in [-0.1, -0.05) is 12.2 Å². The van der Waals surface area contributed by atoms with Crippen molar-refractivity contribution in [3.05, 3.63) is 29.8 Å². The smallest absolute Gasteiger partial charge is 0.175 e. The minimum Gasteiger partial charge on any atom is -0.483 e. The van der Waals surface area contributed by atoms with E-state index in [4.69, 9.17) is 17.0 Å². The number of sulfone groups is 1. The molecule has 20 heavy (non-hydrogen) atoms. The zero-order chi connectivity index (χ0) is 15.1. The van der Waals surface area contributed by atoms with Crippen molar-refractivity contribution in [1.29, 1.82) is 0 Å². The summed E-state index contributed by atoms with van der Waals surface area (Å²) >= 11 is 5.31. The van der Waals surface area contributed by atoms with E-state index in [-0.39, 0.29) is 4.90 Å². The van der Waals surface area contributed by atoms with E-state index >= 15 is 0 Å². The lowest BCUT2D eigenvalue weighted by Crippen LogP contribution is -2.32. The van der Waals surface area contributed by atoms with E-state index in [9.17, 15) is 8.42 Å². The van der Waals surface area contributed by atoms with Gasteiger partial charge in [0, 0.05) is 24.4 Å². The van der Waals surface area contributed by atoms with E-state index in [1.165, 1.54) is 6.26 Å². The molecular weight excluding hydrogens is 294 g/mol. The van der Waals surface area contributed by atoms with Gasteiger partial charge in [0.25, 0.3) is 0 Å². The van der Waals surface area contributed by atoms with Crippen LogP contribution in [0.3, 0.4) is 0 Å². The van der Waals surface area contributed by atoms with Gasteiger partial charge in [-0.05, 0) is 38.1 Å². The van der Waals surface area contributed by atoms with Crippen LogP contribution in [0.25, 0.3) is 5.57 Å². The molecule has 0 aliphatic carbocycles. The Morgan fingerprint density at radius 1 is 1.35 bits per heavy atom. The van der Waals surface area contributed by atoms with Gasteiger partial charge in [0.1, 0.15) is 16.3 Å². The van der Waals surface area contributed by atoms with E-state index in [1.807, 2.05) is 19.9 Å². The first-order valence-corrected chi connectivity index (χ1v) is 8.42. The third-order valence-corrected chi connectivity index (χ3v) is 4.54. The Morgan fingerprint density at radius 2 is 2.00 bits per heavy atom. The summed E-state index contributed by atoms with van der Waals surface area (Å²) < 4.78 is 29.2. The molecule has 0 spiro atoms. The van der Waals surface area contributed by atoms with Crippen molar-refractivity contribution in [2.45, 2.75) is 24.3 Å². The zero-order valence-corrected chi connectivity index (χ0v) is 13.5. The molecule has 1 heterocycles. The fraction of sp³-hybridized carbons (Fsp3) is 0.357. The summed E-state index contributed by atoms with van der Waals surface area (Å²) in [6, 6.07) is 4.84. The van der Waals surface area contributed by atoms with Crippen LogP contribution >= 0.6 is 12.2 Å². The molecule has 1 aromatic carbocycles. The predicted octanol–water partition coefficient (Wildman–Crippen LogP) is 2.19.